The zero-order valence-corrected chi connectivity index (χ0v) is 10.2. The molecule has 0 bridgehead atoms. The highest BCUT2D eigenvalue weighted by Crippen LogP contribution is 2.16. The van der Waals surface area contributed by atoms with Gasteiger partial charge in [0, 0.05) is 18.2 Å². The summed E-state index contributed by atoms with van der Waals surface area (Å²) in [5.41, 5.74) is 6.51. The Kier molecular flexibility index (Phi) is 3.83. The van der Waals surface area contributed by atoms with E-state index >= 15 is 0 Å². The molecule has 0 aliphatic heterocycles. The number of hydrogen-bond donors (Lipinski definition) is 1. The third kappa shape index (κ3) is 2.90. The second-order valence-corrected chi connectivity index (χ2v) is 5.73. The van der Waals surface area contributed by atoms with E-state index in [2.05, 4.69) is 0 Å². The predicted octanol–water partition coefficient (Wildman–Crippen LogP) is 0.930. The number of rotatable bonds is 4. The maximum Gasteiger partial charge on any atom is 0.175 e. The first-order valence-corrected chi connectivity index (χ1v) is 6.79. The van der Waals surface area contributed by atoms with Gasteiger partial charge < -0.3 is 5.73 Å². The summed E-state index contributed by atoms with van der Waals surface area (Å²) >= 11 is 0. The summed E-state index contributed by atoms with van der Waals surface area (Å²) in [6.45, 7) is 2.04. The van der Waals surface area contributed by atoms with Crippen molar-refractivity contribution < 1.29 is 13.2 Å². The Balaban J connectivity index is 3.24. The van der Waals surface area contributed by atoms with Crippen molar-refractivity contribution in [1.82, 2.24) is 0 Å². The smallest absolute Gasteiger partial charge is 0.175 e. The molecule has 0 aliphatic carbocycles. The topological polar surface area (TPSA) is 77.2 Å². The number of nitrogens with two attached hydrogens (primary N) is 1. The maximum absolute atomic E-state index is 11.7. The Morgan fingerprint density at radius 3 is 2.50 bits per heavy atom. The average Bonchev–Trinajstić information content (AvgIpc) is 2.16. The summed E-state index contributed by atoms with van der Waals surface area (Å²) in [5, 5.41) is 0. The van der Waals surface area contributed by atoms with E-state index in [4.69, 9.17) is 5.73 Å². The first-order valence-electron chi connectivity index (χ1n) is 4.90. The van der Waals surface area contributed by atoms with Crippen LogP contribution in [0.1, 0.15) is 22.3 Å². The van der Waals surface area contributed by atoms with Crippen LogP contribution in [-0.2, 0) is 9.84 Å². The molecular formula is C11H15NO3S. The molecule has 0 saturated carbocycles. The lowest BCUT2D eigenvalue weighted by Gasteiger charge is -2.06. The summed E-state index contributed by atoms with van der Waals surface area (Å²) in [7, 11) is -3.27. The maximum atomic E-state index is 11.7. The Hall–Kier alpha value is -1.20. The Labute approximate surface area is 95.4 Å². The molecule has 4 nitrogen and oxygen atoms in total. The zero-order valence-electron chi connectivity index (χ0n) is 9.36. The molecule has 0 spiro atoms. The van der Waals surface area contributed by atoms with Gasteiger partial charge in [-0.05, 0) is 31.2 Å². The van der Waals surface area contributed by atoms with Crippen molar-refractivity contribution in [2.24, 2.45) is 5.73 Å². The number of aryl methyl sites for hydroxylation is 1. The SMILES string of the molecule is Cc1ccc(S(C)(=O)=O)cc1C(=O)CCN. The van der Waals surface area contributed by atoms with E-state index in [9.17, 15) is 13.2 Å². The van der Waals surface area contributed by atoms with Crippen molar-refractivity contribution in [3.8, 4) is 0 Å². The number of sulfone groups is 1. The lowest BCUT2D eigenvalue weighted by Crippen LogP contribution is -2.10. The van der Waals surface area contributed by atoms with Crippen LogP contribution in [-0.4, -0.2) is 27.0 Å². The number of carbonyl (C=O) groups excluding carboxylic acids is 1. The van der Waals surface area contributed by atoms with E-state index in [1.54, 1.807) is 13.0 Å². The molecule has 0 aliphatic rings. The highest BCUT2D eigenvalue weighted by atomic mass is 32.2. The van der Waals surface area contributed by atoms with Gasteiger partial charge in [-0.25, -0.2) is 8.42 Å². The van der Waals surface area contributed by atoms with E-state index in [1.165, 1.54) is 12.1 Å². The summed E-state index contributed by atoms with van der Waals surface area (Å²) in [4.78, 5) is 11.8. The van der Waals surface area contributed by atoms with Crippen LogP contribution >= 0.6 is 0 Å². The Morgan fingerprint density at radius 2 is 2.00 bits per heavy atom. The second-order valence-electron chi connectivity index (χ2n) is 3.71. The lowest BCUT2D eigenvalue weighted by atomic mass is 10.0. The molecular weight excluding hydrogens is 226 g/mol. The summed E-state index contributed by atoms with van der Waals surface area (Å²) in [5.74, 6) is -0.120. The molecule has 5 heteroatoms. The molecule has 0 unspecified atom stereocenters. The molecule has 0 amide bonds. The van der Waals surface area contributed by atoms with E-state index in [0.29, 0.717) is 5.56 Å². The predicted molar refractivity (Wildman–Crippen MR) is 62.3 cm³/mol. The normalized spacial score (nSPS) is 11.4. The van der Waals surface area contributed by atoms with Crippen LogP contribution in [0.4, 0.5) is 0 Å². The monoisotopic (exact) mass is 241 g/mol. The van der Waals surface area contributed by atoms with Gasteiger partial charge in [0.1, 0.15) is 0 Å². The number of benzene rings is 1. The van der Waals surface area contributed by atoms with Gasteiger partial charge in [-0.3, -0.25) is 4.79 Å². The van der Waals surface area contributed by atoms with Crippen LogP contribution in [0.3, 0.4) is 0 Å². The molecule has 2 N–H and O–H groups in total. The van der Waals surface area contributed by atoms with E-state index in [-0.39, 0.29) is 23.6 Å². The van der Waals surface area contributed by atoms with Crippen LogP contribution in [0.15, 0.2) is 23.1 Å². The quantitative estimate of drug-likeness (QED) is 0.795. The van der Waals surface area contributed by atoms with Crippen LogP contribution in [0.25, 0.3) is 0 Å². The molecule has 1 aromatic rings. The van der Waals surface area contributed by atoms with Gasteiger partial charge in [0.25, 0.3) is 0 Å². The van der Waals surface area contributed by atoms with Gasteiger partial charge >= 0.3 is 0 Å². The van der Waals surface area contributed by atoms with Gasteiger partial charge in [-0.15, -0.1) is 0 Å². The minimum Gasteiger partial charge on any atom is -0.330 e. The van der Waals surface area contributed by atoms with Crippen molar-refractivity contribution in [2.75, 3.05) is 12.8 Å². The summed E-state index contributed by atoms with van der Waals surface area (Å²) < 4.78 is 22.7. The van der Waals surface area contributed by atoms with Crippen molar-refractivity contribution in [3.63, 3.8) is 0 Å². The Bertz CT molecular complexity index is 506. The molecule has 88 valence electrons. The highest BCUT2D eigenvalue weighted by Gasteiger charge is 2.13. The van der Waals surface area contributed by atoms with E-state index in [0.717, 1.165) is 11.8 Å². The number of carbonyl (C=O) groups is 1. The molecule has 1 rings (SSSR count). The molecule has 0 atom stereocenters. The van der Waals surface area contributed by atoms with Gasteiger partial charge in [0.2, 0.25) is 0 Å². The number of hydrogen-bond acceptors (Lipinski definition) is 4. The lowest BCUT2D eigenvalue weighted by molar-refractivity contribution is 0.0984. The van der Waals surface area contributed by atoms with Crippen LogP contribution in [0.2, 0.25) is 0 Å². The van der Waals surface area contributed by atoms with Crippen LogP contribution in [0, 0.1) is 6.92 Å². The second kappa shape index (κ2) is 4.76. The van der Waals surface area contributed by atoms with E-state index < -0.39 is 9.84 Å². The summed E-state index contributed by atoms with van der Waals surface area (Å²) in [6, 6.07) is 4.56. The fourth-order valence-corrected chi connectivity index (χ4v) is 2.05. The first kappa shape index (κ1) is 12.9. The molecule has 1 aromatic carbocycles. The van der Waals surface area contributed by atoms with Crippen molar-refractivity contribution >= 4 is 15.6 Å². The molecule has 16 heavy (non-hydrogen) atoms. The first-order chi connectivity index (χ1) is 7.36. The fraction of sp³-hybridized carbons (Fsp3) is 0.364. The third-order valence-electron chi connectivity index (χ3n) is 2.31. The average molecular weight is 241 g/mol. The van der Waals surface area contributed by atoms with Crippen LogP contribution in [0.5, 0.6) is 0 Å². The number of Topliss-reactive ketones (excluding diaryl/α,β-unsaturated/α-hetero) is 1. The van der Waals surface area contributed by atoms with Gasteiger partial charge in [0.05, 0.1) is 4.90 Å². The molecule has 0 radical (unpaired) electrons. The number of ketones is 1. The highest BCUT2D eigenvalue weighted by molar-refractivity contribution is 7.90. The summed E-state index contributed by atoms with van der Waals surface area (Å²) in [6.07, 6.45) is 1.35. The van der Waals surface area contributed by atoms with Crippen LogP contribution < -0.4 is 5.73 Å². The van der Waals surface area contributed by atoms with Crippen molar-refractivity contribution in [2.45, 2.75) is 18.2 Å². The third-order valence-corrected chi connectivity index (χ3v) is 3.42. The largest absolute Gasteiger partial charge is 0.330 e. The minimum atomic E-state index is -3.27. The fourth-order valence-electron chi connectivity index (χ4n) is 1.40. The van der Waals surface area contributed by atoms with Gasteiger partial charge in [-0.1, -0.05) is 6.07 Å². The van der Waals surface area contributed by atoms with Gasteiger partial charge in [0.15, 0.2) is 15.6 Å². The standard InChI is InChI=1S/C11H15NO3S/c1-8-3-4-9(16(2,14)15)7-10(8)11(13)5-6-12/h3-4,7H,5-6,12H2,1-2H3. The van der Waals surface area contributed by atoms with Gasteiger partial charge in [-0.2, -0.15) is 0 Å². The molecule has 0 heterocycles. The van der Waals surface area contributed by atoms with Crippen molar-refractivity contribution in [3.05, 3.63) is 29.3 Å². The molecule has 0 fully saturated rings. The molecule has 0 aromatic heterocycles. The zero-order chi connectivity index (χ0) is 12.3. The van der Waals surface area contributed by atoms with E-state index in [1.807, 2.05) is 0 Å². The Morgan fingerprint density at radius 1 is 1.38 bits per heavy atom. The minimum absolute atomic E-state index is 0.120. The van der Waals surface area contributed by atoms with Crippen molar-refractivity contribution in [1.29, 1.82) is 0 Å². The molecule has 0 saturated heterocycles.